The number of nitrogens with two attached hydrogens (primary N) is 1. The zero-order valence-electron chi connectivity index (χ0n) is 24.4. The maximum absolute atomic E-state index is 16.0. The summed E-state index contributed by atoms with van der Waals surface area (Å²) < 4.78 is 16.0. The molecule has 0 aromatic heterocycles. The van der Waals surface area contributed by atoms with Gasteiger partial charge in [0, 0.05) is 41.1 Å². The van der Waals surface area contributed by atoms with Crippen LogP contribution in [0.2, 0.25) is 0 Å². The Hall–Kier alpha value is -4.06. The van der Waals surface area contributed by atoms with Crippen LogP contribution >= 0.6 is 0 Å². The molecule has 11 heteroatoms. The van der Waals surface area contributed by atoms with Gasteiger partial charge in [-0.3, -0.25) is 19.3 Å². The molecule has 10 nitrogen and oxygen atoms in total. The zero-order valence-corrected chi connectivity index (χ0v) is 24.4. The fraction of sp³-hybridized carbons (Fsp3) is 0.406. The lowest BCUT2D eigenvalue weighted by Gasteiger charge is -2.50. The molecule has 0 heterocycles. The molecule has 1 amide bonds. The summed E-state index contributed by atoms with van der Waals surface area (Å²) in [5.41, 5.74) is 1.99. The predicted molar refractivity (Wildman–Crippen MR) is 155 cm³/mol. The summed E-state index contributed by atoms with van der Waals surface area (Å²) in [7, 11) is 3.09. The number of fused-ring (bicyclic) bond motifs is 3. The number of phenols is 1. The average molecular weight is 594 g/mol. The van der Waals surface area contributed by atoms with Crippen LogP contribution in [0, 0.1) is 17.7 Å². The van der Waals surface area contributed by atoms with Crippen molar-refractivity contribution < 1.29 is 39.2 Å². The summed E-state index contributed by atoms with van der Waals surface area (Å²) in [6.45, 7) is 4.68. The number of aliphatic hydroxyl groups is 3. The van der Waals surface area contributed by atoms with Gasteiger partial charge >= 0.3 is 0 Å². The number of aliphatic hydroxyl groups excluding tert-OH is 2. The van der Waals surface area contributed by atoms with Gasteiger partial charge in [-0.1, -0.05) is 44.2 Å². The minimum absolute atomic E-state index is 0.0303. The molecule has 0 bridgehead atoms. The summed E-state index contributed by atoms with van der Waals surface area (Å²) >= 11 is 0. The molecule has 228 valence electrons. The van der Waals surface area contributed by atoms with Crippen molar-refractivity contribution in [3.05, 3.63) is 87.1 Å². The molecular formula is C32H36FN3O7. The van der Waals surface area contributed by atoms with Crippen LogP contribution in [-0.2, 0) is 28.0 Å². The predicted octanol–water partition coefficient (Wildman–Crippen LogP) is 2.33. The third-order valence-electron chi connectivity index (χ3n) is 9.17. The largest absolute Gasteiger partial charge is 0.510 e. The van der Waals surface area contributed by atoms with E-state index in [0.717, 1.165) is 11.6 Å². The highest BCUT2D eigenvalue weighted by Gasteiger charge is 2.63. The topological polar surface area (TPSA) is 173 Å². The van der Waals surface area contributed by atoms with Crippen molar-refractivity contribution in [2.75, 3.05) is 20.6 Å². The van der Waals surface area contributed by atoms with E-state index in [-0.39, 0.29) is 47.1 Å². The maximum Gasteiger partial charge on any atom is 0.255 e. The molecule has 2 aromatic carbocycles. The Morgan fingerprint density at radius 1 is 1.16 bits per heavy atom. The minimum atomic E-state index is -2.74. The molecule has 7 N–H and O–H groups in total. The zero-order chi connectivity index (χ0) is 31.6. The smallest absolute Gasteiger partial charge is 0.255 e. The standard InChI is InChI=1S/C32H36FN3O7/c1-31(2,17-8-6-5-7-9-17)14-35-13-16-12-20(37)22-18(24(16)33)10-15-11-19-25(36(3)4)27(39)23(30(34)42)29(41)32(19,43)28(40)21(15)26(22)38/h5-9,12,15,19,25,35,37,39-40,43H,10-11,13-14H2,1-4H3,(H2,34,42)/t15-,19-,25-,32-/m0/s1. The normalized spacial score (nSPS) is 25.5. The molecule has 2 aromatic rings. The van der Waals surface area contributed by atoms with Crippen molar-refractivity contribution >= 4 is 17.5 Å². The number of rotatable bonds is 7. The van der Waals surface area contributed by atoms with Crippen molar-refractivity contribution in [1.82, 2.24) is 10.2 Å². The number of amides is 1. The number of likely N-dealkylation sites (N-methyl/N-ethyl adjacent to an activating group) is 1. The van der Waals surface area contributed by atoms with E-state index in [0.29, 0.717) is 6.54 Å². The van der Waals surface area contributed by atoms with E-state index in [1.54, 1.807) is 14.1 Å². The number of allylic oxidation sites excluding steroid dienone is 1. The van der Waals surface area contributed by atoms with Crippen molar-refractivity contribution in [3.8, 4) is 5.75 Å². The Kier molecular flexibility index (Phi) is 7.48. The molecule has 0 saturated heterocycles. The first-order valence-electron chi connectivity index (χ1n) is 14.1. The molecular weight excluding hydrogens is 557 g/mol. The van der Waals surface area contributed by atoms with E-state index in [4.69, 9.17) is 5.73 Å². The minimum Gasteiger partial charge on any atom is -0.510 e. The second-order valence-corrected chi connectivity index (χ2v) is 12.5. The van der Waals surface area contributed by atoms with Gasteiger partial charge in [-0.15, -0.1) is 0 Å². The second-order valence-electron chi connectivity index (χ2n) is 12.5. The van der Waals surface area contributed by atoms with Gasteiger partial charge in [0.2, 0.25) is 5.78 Å². The van der Waals surface area contributed by atoms with Crippen LogP contribution < -0.4 is 11.1 Å². The first-order chi connectivity index (χ1) is 20.1. The number of hydrogen-bond acceptors (Lipinski definition) is 9. The van der Waals surface area contributed by atoms with Crippen LogP contribution in [0.3, 0.4) is 0 Å². The van der Waals surface area contributed by atoms with Crippen molar-refractivity contribution in [2.24, 2.45) is 17.6 Å². The number of halogens is 1. The van der Waals surface area contributed by atoms with Gasteiger partial charge in [0.25, 0.3) is 5.91 Å². The SMILES string of the molecule is CN(C)[C@@H]1C(O)=C(C(N)=O)C(=O)[C@@]2(O)C(O)=C3C(=O)c4c(O)cc(CNCC(C)(C)c5ccccc5)c(F)c4C[C@H]3C[C@@H]12. The highest BCUT2D eigenvalue weighted by atomic mass is 19.1. The maximum atomic E-state index is 16.0. The van der Waals surface area contributed by atoms with Gasteiger partial charge in [0.05, 0.1) is 11.6 Å². The molecule has 43 heavy (non-hydrogen) atoms. The van der Waals surface area contributed by atoms with Gasteiger partial charge in [0.15, 0.2) is 11.4 Å². The summed E-state index contributed by atoms with van der Waals surface area (Å²) in [6.07, 6.45) is -0.225. The monoisotopic (exact) mass is 593 g/mol. The lowest BCUT2D eigenvalue weighted by Crippen LogP contribution is -2.63. The van der Waals surface area contributed by atoms with E-state index in [2.05, 4.69) is 19.2 Å². The highest BCUT2D eigenvalue weighted by Crippen LogP contribution is 2.52. The lowest BCUT2D eigenvalue weighted by atomic mass is 9.58. The van der Waals surface area contributed by atoms with Crippen LogP contribution in [0.15, 0.2) is 59.1 Å². The van der Waals surface area contributed by atoms with E-state index in [1.807, 2.05) is 30.3 Å². The van der Waals surface area contributed by atoms with Gasteiger partial charge in [-0.2, -0.15) is 0 Å². The number of phenolic OH excluding ortho intramolecular Hbond substituents is 1. The number of hydrogen-bond donors (Lipinski definition) is 6. The first-order valence-corrected chi connectivity index (χ1v) is 14.1. The number of benzene rings is 2. The lowest BCUT2D eigenvalue weighted by molar-refractivity contribution is -0.148. The third kappa shape index (κ3) is 4.62. The van der Waals surface area contributed by atoms with Crippen LogP contribution in [0.5, 0.6) is 5.75 Å². The molecule has 5 rings (SSSR count). The summed E-state index contributed by atoms with van der Waals surface area (Å²) in [4.78, 5) is 40.6. The van der Waals surface area contributed by atoms with Crippen molar-refractivity contribution in [2.45, 2.75) is 50.3 Å². The number of ketones is 2. The fourth-order valence-electron chi connectivity index (χ4n) is 6.98. The molecule has 3 aliphatic rings. The van der Waals surface area contributed by atoms with Gasteiger partial charge < -0.3 is 31.5 Å². The average Bonchev–Trinajstić information content (AvgIpc) is 2.93. The van der Waals surface area contributed by atoms with Crippen LogP contribution in [0.4, 0.5) is 4.39 Å². The highest BCUT2D eigenvalue weighted by molar-refractivity contribution is 6.24. The number of aromatic hydroxyl groups is 1. The molecule has 4 atom stereocenters. The Morgan fingerprint density at radius 3 is 2.42 bits per heavy atom. The summed E-state index contributed by atoms with van der Waals surface area (Å²) in [5.74, 6) is -8.39. The van der Waals surface area contributed by atoms with Crippen LogP contribution in [0.25, 0.3) is 0 Å². The van der Waals surface area contributed by atoms with E-state index in [9.17, 15) is 34.8 Å². The fourth-order valence-corrected chi connectivity index (χ4v) is 6.98. The number of carbonyl (C=O) groups is 3. The summed E-state index contributed by atoms with van der Waals surface area (Å²) in [6, 6.07) is 9.88. The van der Waals surface area contributed by atoms with Gasteiger partial charge in [-0.25, -0.2) is 4.39 Å². The van der Waals surface area contributed by atoms with Crippen LogP contribution in [0.1, 0.15) is 47.3 Å². The van der Waals surface area contributed by atoms with Crippen molar-refractivity contribution in [1.29, 1.82) is 0 Å². The third-order valence-corrected chi connectivity index (χ3v) is 9.17. The van der Waals surface area contributed by atoms with E-state index in [1.165, 1.54) is 4.90 Å². The van der Waals surface area contributed by atoms with Crippen molar-refractivity contribution in [3.63, 3.8) is 0 Å². The van der Waals surface area contributed by atoms with Crippen LogP contribution in [-0.4, -0.2) is 75.1 Å². The number of nitrogens with one attached hydrogen (secondary N) is 1. The Morgan fingerprint density at radius 2 is 1.81 bits per heavy atom. The quantitative estimate of drug-likeness (QED) is 0.263. The molecule has 3 aliphatic carbocycles. The molecule has 0 spiro atoms. The molecule has 0 saturated carbocycles. The van der Waals surface area contributed by atoms with E-state index >= 15 is 4.39 Å². The molecule has 0 unspecified atom stereocenters. The Balaban J connectivity index is 1.51. The van der Waals surface area contributed by atoms with Gasteiger partial charge in [-0.05, 0) is 44.5 Å². The Bertz CT molecular complexity index is 1600. The number of Topliss-reactive ketones (excluding diaryl/α,β-unsaturated/α-hetero) is 2. The number of primary amides is 1. The summed E-state index contributed by atoms with van der Waals surface area (Å²) in [5, 5.41) is 48.0. The second kappa shape index (κ2) is 10.6. The molecule has 0 radical (unpaired) electrons. The van der Waals surface area contributed by atoms with Gasteiger partial charge in [0.1, 0.15) is 28.7 Å². The molecule has 0 aliphatic heterocycles. The number of nitrogens with zero attached hydrogens (tertiary/aromatic N) is 1. The number of carbonyl (C=O) groups excluding carboxylic acids is 3. The first kappa shape index (κ1) is 30.4. The van der Waals surface area contributed by atoms with E-state index < -0.39 is 69.6 Å². The Labute approximate surface area is 248 Å². The molecule has 0 fully saturated rings.